The monoisotopic (exact) mass is 349 g/mol. The number of halogens is 1. The van der Waals surface area contributed by atoms with Gasteiger partial charge in [0.1, 0.15) is 0 Å². The van der Waals surface area contributed by atoms with Crippen molar-refractivity contribution in [1.82, 2.24) is 4.90 Å². The second-order valence-electron chi connectivity index (χ2n) is 4.78. The molecule has 1 amide bonds. The van der Waals surface area contributed by atoms with E-state index in [1.807, 2.05) is 30.3 Å². The van der Waals surface area contributed by atoms with E-state index in [0.29, 0.717) is 5.56 Å². The Labute approximate surface area is 131 Å². The molecule has 1 unspecified atom stereocenters. The largest absolute Gasteiger partial charge is 0.465 e. The van der Waals surface area contributed by atoms with Crippen molar-refractivity contribution in [3.05, 3.63) is 46.4 Å². The summed E-state index contributed by atoms with van der Waals surface area (Å²) in [5.74, 6) is -0.192. The van der Waals surface area contributed by atoms with Crippen LogP contribution in [0.25, 0.3) is 10.8 Å². The minimum Gasteiger partial charge on any atom is -0.465 e. The Morgan fingerprint density at radius 1 is 1.29 bits per heavy atom. The number of benzene rings is 2. The molecule has 2 aromatic carbocycles. The molecule has 110 valence electrons. The molecule has 4 nitrogen and oxygen atoms in total. The van der Waals surface area contributed by atoms with Crippen molar-refractivity contribution in [2.45, 2.75) is 19.9 Å². The first-order valence-corrected chi connectivity index (χ1v) is 7.47. The lowest BCUT2D eigenvalue weighted by Gasteiger charge is -2.24. The summed E-state index contributed by atoms with van der Waals surface area (Å²) in [7, 11) is 0. The third-order valence-electron chi connectivity index (χ3n) is 3.54. The number of fused-ring (bicyclic) bond motifs is 1. The van der Waals surface area contributed by atoms with Gasteiger partial charge in [0.25, 0.3) is 0 Å². The molecule has 5 heteroatoms. The average molecular weight is 350 g/mol. The van der Waals surface area contributed by atoms with Gasteiger partial charge in [0, 0.05) is 16.6 Å². The smallest absolute Gasteiger partial charge is 0.407 e. The van der Waals surface area contributed by atoms with Crippen molar-refractivity contribution in [2.24, 2.45) is 0 Å². The van der Waals surface area contributed by atoms with Crippen LogP contribution in [0.1, 0.15) is 24.2 Å². The predicted molar refractivity (Wildman–Crippen MR) is 85.8 cm³/mol. The summed E-state index contributed by atoms with van der Waals surface area (Å²) in [4.78, 5) is 25.0. The first kappa shape index (κ1) is 15.5. The topological polar surface area (TPSA) is 57.6 Å². The zero-order valence-corrected chi connectivity index (χ0v) is 13.4. The van der Waals surface area contributed by atoms with E-state index in [-0.39, 0.29) is 12.3 Å². The molecule has 0 saturated carbocycles. The zero-order chi connectivity index (χ0) is 15.6. The van der Waals surface area contributed by atoms with E-state index in [4.69, 9.17) is 5.11 Å². The number of hydrogen-bond donors (Lipinski definition) is 1. The minimum absolute atomic E-state index is 0.192. The standard InChI is InChI=1S/C16H16BrNO3/c1-3-18(16(20)21)10(2)15(19)13-6-4-5-11-7-8-12(17)9-14(11)13/h4-10H,3H2,1-2H3,(H,20,21). The van der Waals surface area contributed by atoms with Crippen LogP contribution in [0.15, 0.2) is 40.9 Å². The number of rotatable bonds is 4. The molecule has 0 spiro atoms. The van der Waals surface area contributed by atoms with Crippen molar-refractivity contribution in [3.63, 3.8) is 0 Å². The normalized spacial score (nSPS) is 12.1. The number of likely N-dealkylation sites (N-methyl/N-ethyl adjacent to an activating group) is 1. The van der Waals surface area contributed by atoms with E-state index < -0.39 is 12.1 Å². The van der Waals surface area contributed by atoms with Gasteiger partial charge in [0.05, 0.1) is 6.04 Å². The fourth-order valence-electron chi connectivity index (χ4n) is 2.40. The quantitative estimate of drug-likeness (QED) is 0.842. The molecule has 0 radical (unpaired) electrons. The van der Waals surface area contributed by atoms with Gasteiger partial charge in [-0.25, -0.2) is 4.79 Å². The summed E-state index contributed by atoms with van der Waals surface area (Å²) in [6.45, 7) is 3.62. The molecule has 1 N–H and O–H groups in total. The van der Waals surface area contributed by atoms with Crippen molar-refractivity contribution < 1.29 is 14.7 Å². The van der Waals surface area contributed by atoms with Crippen molar-refractivity contribution >= 4 is 38.6 Å². The van der Waals surface area contributed by atoms with Crippen LogP contribution in [0.5, 0.6) is 0 Å². The molecule has 2 rings (SSSR count). The first-order valence-electron chi connectivity index (χ1n) is 6.67. The van der Waals surface area contributed by atoms with Gasteiger partial charge in [-0.1, -0.05) is 40.2 Å². The number of amides is 1. The Morgan fingerprint density at radius 2 is 2.00 bits per heavy atom. The number of hydrogen-bond acceptors (Lipinski definition) is 2. The van der Waals surface area contributed by atoms with Gasteiger partial charge in [0.2, 0.25) is 0 Å². The van der Waals surface area contributed by atoms with Crippen molar-refractivity contribution in [3.8, 4) is 0 Å². The number of ketones is 1. The molecule has 0 aliphatic rings. The molecule has 0 aromatic heterocycles. The summed E-state index contributed by atoms with van der Waals surface area (Å²) in [6, 6.07) is 10.5. The summed E-state index contributed by atoms with van der Waals surface area (Å²) < 4.78 is 0.883. The SMILES string of the molecule is CCN(C(=O)O)C(C)C(=O)c1cccc2ccc(Br)cc12. The van der Waals surface area contributed by atoms with E-state index in [1.54, 1.807) is 19.9 Å². The average Bonchev–Trinajstić information content (AvgIpc) is 2.46. The molecule has 21 heavy (non-hydrogen) atoms. The van der Waals surface area contributed by atoms with Gasteiger partial charge < -0.3 is 5.11 Å². The Bertz CT molecular complexity index is 699. The van der Waals surface area contributed by atoms with Crippen LogP contribution in [0.2, 0.25) is 0 Å². The lowest BCUT2D eigenvalue weighted by atomic mass is 9.97. The van der Waals surface area contributed by atoms with Crippen molar-refractivity contribution in [2.75, 3.05) is 6.54 Å². The second kappa shape index (κ2) is 6.26. The molecule has 0 saturated heterocycles. The van der Waals surface area contributed by atoms with E-state index in [0.717, 1.165) is 20.1 Å². The van der Waals surface area contributed by atoms with Crippen LogP contribution in [0, 0.1) is 0 Å². The lowest BCUT2D eigenvalue weighted by molar-refractivity contribution is 0.0818. The Hall–Kier alpha value is -1.88. The first-order chi connectivity index (χ1) is 9.95. The van der Waals surface area contributed by atoms with Crippen LogP contribution < -0.4 is 0 Å². The highest BCUT2D eigenvalue weighted by molar-refractivity contribution is 9.10. The van der Waals surface area contributed by atoms with E-state index in [1.165, 1.54) is 0 Å². The highest BCUT2D eigenvalue weighted by Gasteiger charge is 2.26. The minimum atomic E-state index is -1.08. The maximum absolute atomic E-state index is 12.7. The summed E-state index contributed by atoms with van der Waals surface area (Å²) >= 11 is 3.40. The Morgan fingerprint density at radius 3 is 2.62 bits per heavy atom. The number of carboxylic acid groups (broad SMARTS) is 1. The maximum atomic E-state index is 12.7. The molecule has 0 heterocycles. The van der Waals surface area contributed by atoms with E-state index in [2.05, 4.69) is 15.9 Å². The third kappa shape index (κ3) is 3.08. The zero-order valence-electron chi connectivity index (χ0n) is 11.8. The molecule has 0 bridgehead atoms. The van der Waals surface area contributed by atoms with Gasteiger partial charge >= 0.3 is 6.09 Å². The van der Waals surface area contributed by atoms with Gasteiger partial charge in [-0.05, 0) is 36.8 Å². The van der Waals surface area contributed by atoms with Gasteiger partial charge in [-0.3, -0.25) is 9.69 Å². The molecule has 0 aliphatic carbocycles. The summed E-state index contributed by atoms with van der Waals surface area (Å²) in [5.41, 5.74) is 0.543. The second-order valence-corrected chi connectivity index (χ2v) is 5.70. The molecule has 0 fully saturated rings. The maximum Gasteiger partial charge on any atom is 0.407 e. The van der Waals surface area contributed by atoms with E-state index >= 15 is 0 Å². The number of Topliss-reactive ketones (excluding diaryl/α,β-unsaturated/α-hetero) is 1. The fraction of sp³-hybridized carbons (Fsp3) is 0.250. The van der Waals surface area contributed by atoms with Crippen LogP contribution in [0.3, 0.4) is 0 Å². The van der Waals surface area contributed by atoms with Crippen molar-refractivity contribution in [1.29, 1.82) is 0 Å². The third-order valence-corrected chi connectivity index (χ3v) is 4.04. The van der Waals surface area contributed by atoms with Crippen LogP contribution in [0.4, 0.5) is 4.79 Å². The fourth-order valence-corrected chi connectivity index (χ4v) is 2.76. The van der Waals surface area contributed by atoms with Crippen LogP contribution in [-0.2, 0) is 0 Å². The molecule has 1 atom stereocenters. The van der Waals surface area contributed by atoms with Crippen LogP contribution >= 0.6 is 15.9 Å². The van der Waals surface area contributed by atoms with Gasteiger partial charge in [-0.15, -0.1) is 0 Å². The lowest BCUT2D eigenvalue weighted by Crippen LogP contribution is -2.42. The summed E-state index contributed by atoms with van der Waals surface area (Å²) in [5, 5.41) is 10.9. The van der Waals surface area contributed by atoms with Gasteiger partial charge in [-0.2, -0.15) is 0 Å². The summed E-state index contributed by atoms with van der Waals surface area (Å²) in [6.07, 6.45) is -1.08. The highest BCUT2D eigenvalue weighted by Crippen LogP contribution is 2.25. The Balaban J connectivity index is 2.48. The van der Waals surface area contributed by atoms with Crippen LogP contribution in [-0.4, -0.2) is 34.5 Å². The number of nitrogens with zero attached hydrogens (tertiary/aromatic N) is 1. The van der Waals surface area contributed by atoms with E-state index in [9.17, 15) is 9.59 Å². The highest BCUT2D eigenvalue weighted by atomic mass is 79.9. The Kier molecular flexibility index (Phi) is 4.63. The van der Waals surface area contributed by atoms with Gasteiger partial charge in [0.15, 0.2) is 5.78 Å². The molecule has 2 aromatic rings. The molecular formula is C16H16BrNO3. The predicted octanol–water partition coefficient (Wildman–Crippen LogP) is 4.17. The molecule has 0 aliphatic heterocycles. The number of carbonyl (C=O) groups excluding carboxylic acids is 1. The molecular weight excluding hydrogens is 334 g/mol. The number of carbonyl (C=O) groups is 2.